The molecule has 10 heteroatoms. The third-order valence-electron chi connectivity index (χ3n) is 9.32. The summed E-state index contributed by atoms with van der Waals surface area (Å²) in [7, 11) is 10.6. The molecule has 0 fully saturated rings. The van der Waals surface area contributed by atoms with Crippen molar-refractivity contribution in [1.82, 2.24) is 0 Å². The van der Waals surface area contributed by atoms with E-state index in [4.69, 9.17) is 17.0 Å². The van der Waals surface area contributed by atoms with E-state index in [1.807, 2.05) is 36.4 Å². The van der Waals surface area contributed by atoms with Gasteiger partial charge in [0.05, 0.1) is 11.1 Å². The van der Waals surface area contributed by atoms with Crippen LogP contribution in [0.5, 0.6) is 0 Å². The molecule has 0 N–H and O–H groups in total. The second kappa shape index (κ2) is 21.2. The van der Waals surface area contributed by atoms with Crippen molar-refractivity contribution in [2.24, 2.45) is 0 Å². The Hall–Kier alpha value is -4.20. The van der Waals surface area contributed by atoms with Crippen LogP contribution in [0.4, 0.5) is 26.3 Å². The molecule has 0 spiro atoms. The first-order chi connectivity index (χ1) is 27.8. The summed E-state index contributed by atoms with van der Waals surface area (Å²) < 4.78 is 75.7. The van der Waals surface area contributed by atoms with Gasteiger partial charge in [0.1, 0.15) is 9.52 Å². The Bertz CT molecular complexity index is 2280. The third kappa shape index (κ3) is 12.4. The van der Waals surface area contributed by atoms with Gasteiger partial charge in [-0.05, 0) is 48.2 Å². The summed E-state index contributed by atoms with van der Waals surface area (Å²) in [5.41, 5.74) is 4.81. The van der Waals surface area contributed by atoms with Gasteiger partial charge in [-0.1, -0.05) is 132 Å². The summed E-state index contributed by atoms with van der Waals surface area (Å²) in [5, 5.41) is 7.24. The molecule has 8 rings (SSSR count). The van der Waals surface area contributed by atoms with Crippen LogP contribution >= 0.6 is 17.0 Å². The first-order valence-electron chi connectivity index (χ1n) is 18.4. The molecule has 0 aliphatic heterocycles. The van der Waals surface area contributed by atoms with Crippen molar-refractivity contribution >= 4 is 58.5 Å². The van der Waals surface area contributed by atoms with E-state index in [1.54, 1.807) is 0 Å². The number of hydrogen-bond acceptors (Lipinski definition) is 0. The van der Waals surface area contributed by atoms with Gasteiger partial charge in [0.2, 0.25) is 0 Å². The first kappa shape index (κ1) is 44.9. The molecule has 2 radical (unpaired) electrons. The van der Waals surface area contributed by atoms with Gasteiger partial charge >= 0.3 is 50.2 Å². The van der Waals surface area contributed by atoms with E-state index in [-0.39, 0.29) is 0 Å². The molecule has 0 saturated carbocycles. The zero-order chi connectivity index (χ0) is 41.7. The van der Waals surface area contributed by atoms with Gasteiger partial charge in [0.15, 0.2) is 0 Å². The largest absolute Gasteiger partial charge is 0.121 e. The van der Waals surface area contributed by atoms with Crippen LogP contribution in [0, 0.1) is 0 Å². The van der Waals surface area contributed by atoms with Crippen molar-refractivity contribution in [2.75, 3.05) is 0 Å². The summed E-state index contributed by atoms with van der Waals surface area (Å²) in [5.74, 6) is 0. The average Bonchev–Trinajstić information content (AvgIpc) is 3.86. The number of fused-ring (bicyclic) bond motifs is 2. The van der Waals surface area contributed by atoms with E-state index in [9.17, 15) is 26.3 Å². The SMILES string of the molecule is CCc1cc2c(-c3ccc(C(F)(F)F)cc3)cccc2[cH-]1.CCc1cc2c(-c3ccc(C(F)(F)F)cc3)cccc2[cH-]1.[Cl][Zr+2][Cl].c1ccc([Si]c2ccccc2)cc1. The Morgan fingerprint density at radius 2 is 0.828 bits per heavy atom. The van der Waals surface area contributed by atoms with Crippen molar-refractivity contribution in [1.29, 1.82) is 0 Å². The van der Waals surface area contributed by atoms with Gasteiger partial charge in [0, 0.05) is 0 Å². The molecule has 0 aliphatic carbocycles. The van der Waals surface area contributed by atoms with Crippen LogP contribution in [0.15, 0.2) is 170 Å². The van der Waals surface area contributed by atoms with Crippen LogP contribution in [0.3, 0.4) is 0 Å². The molecular formula is C48H38Cl2F6SiZr. The van der Waals surface area contributed by atoms with Crippen LogP contribution in [0.25, 0.3) is 43.8 Å². The summed E-state index contributed by atoms with van der Waals surface area (Å²) >= 11 is -0.826. The van der Waals surface area contributed by atoms with Crippen molar-refractivity contribution in [3.63, 3.8) is 0 Å². The molecule has 58 heavy (non-hydrogen) atoms. The molecule has 0 nitrogen and oxygen atoms in total. The van der Waals surface area contributed by atoms with Crippen LogP contribution in [-0.2, 0) is 46.0 Å². The minimum absolute atomic E-state index is 0.616. The molecule has 0 aromatic heterocycles. The fraction of sp³-hybridized carbons (Fsp3) is 0.125. The van der Waals surface area contributed by atoms with E-state index in [0.717, 1.165) is 90.4 Å². The second-order valence-electron chi connectivity index (χ2n) is 13.1. The predicted octanol–water partition coefficient (Wildman–Crippen LogP) is 14.3. The first-order valence-corrected chi connectivity index (χ1v) is 25.7. The number of halogens is 8. The molecule has 0 aliphatic rings. The van der Waals surface area contributed by atoms with E-state index >= 15 is 0 Å². The fourth-order valence-corrected chi connectivity index (χ4v) is 7.44. The van der Waals surface area contributed by atoms with Gasteiger partial charge in [0.25, 0.3) is 0 Å². The van der Waals surface area contributed by atoms with Crippen molar-refractivity contribution in [2.45, 2.75) is 39.0 Å². The summed E-state index contributed by atoms with van der Waals surface area (Å²) in [4.78, 5) is 0. The van der Waals surface area contributed by atoms with Gasteiger partial charge in [-0.15, -0.1) is 69.1 Å². The van der Waals surface area contributed by atoms with Crippen LogP contribution < -0.4 is 10.4 Å². The van der Waals surface area contributed by atoms with E-state index in [2.05, 4.69) is 98.8 Å². The predicted molar refractivity (Wildman–Crippen MR) is 228 cm³/mol. The van der Waals surface area contributed by atoms with E-state index in [0.29, 0.717) is 0 Å². The number of benzene rings is 6. The minimum Gasteiger partial charge on any atom is -0.0631 e. The summed E-state index contributed by atoms with van der Waals surface area (Å²) in [6, 6.07) is 52.2. The maximum absolute atomic E-state index is 12.6. The van der Waals surface area contributed by atoms with Crippen LogP contribution in [0.1, 0.15) is 36.1 Å². The van der Waals surface area contributed by atoms with Crippen LogP contribution in [0.2, 0.25) is 0 Å². The number of rotatable bonds is 6. The van der Waals surface area contributed by atoms with Gasteiger partial charge in [-0.3, -0.25) is 0 Å². The fourth-order valence-electron chi connectivity index (χ4n) is 6.39. The number of aryl methyl sites for hydroxylation is 2. The third-order valence-corrected chi connectivity index (χ3v) is 10.6. The zero-order valence-corrected chi connectivity index (χ0v) is 36.6. The van der Waals surface area contributed by atoms with Gasteiger partial charge < -0.3 is 0 Å². The molecule has 0 bridgehead atoms. The molecule has 294 valence electrons. The standard InChI is InChI=1S/2C18H14F3.C12H10Si.2ClH.Zr/c2*1-2-12-10-14-4-3-5-16(17(14)11-12)13-6-8-15(9-7-13)18(19,20)21;1-3-7-11(8-4-1)13-12-9-5-2-6-10-12;;;/h2*3-11H,2H2,1H3;1-10H;2*1H;/q2*-1;;;;+4/p-2. The normalized spacial score (nSPS) is 11.1. The minimum atomic E-state index is -4.29. The quantitative estimate of drug-likeness (QED) is 0.0886. The molecule has 0 heterocycles. The number of hydrogen-bond donors (Lipinski definition) is 0. The number of alkyl halides is 6. The van der Waals surface area contributed by atoms with Crippen LogP contribution in [-0.4, -0.2) is 9.52 Å². The van der Waals surface area contributed by atoms with E-state index in [1.165, 1.54) is 45.8 Å². The second-order valence-corrected chi connectivity index (χ2v) is 18.3. The Labute approximate surface area is 356 Å². The van der Waals surface area contributed by atoms with Crippen molar-refractivity contribution < 1.29 is 47.2 Å². The molecule has 0 saturated heterocycles. The maximum Gasteiger partial charge on any atom is 0.121 e. The monoisotopic (exact) mass is 916 g/mol. The molecule has 0 atom stereocenters. The molecule has 0 unspecified atom stereocenters. The van der Waals surface area contributed by atoms with E-state index < -0.39 is 44.3 Å². The zero-order valence-electron chi connectivity index (χ0n) is 31.6. The van der Waals surface area contributed by atoms with Crippen molar-refractivity contribution in [3.05, 3.63) is 192 Å². The maximum atomic E-state index is 12.6. The smallest absolute Gasteiger partial charge is 0.0631 e. The Kier molecular flexibility index (Phi) is 16.4. The molecular weight excluding hydrogens is 881 g/mol. The molecule has 8 aromatic rings. The Balaban J connectivity index is 0.000000164. The van der Waals surface area contributed by atoms with Gasteiger partial charge in [-0.2, -0.15) is 38.5 Å². The topological polar surface area (TPSA) is 0 Å². The average molecular weight is 919 g/mol. The van der Waals surface area contributed by atoms with Crippen molar-refractivity contribution in [3.8, 4) is 22.3 Å². The Morgan fingerprint density at radius 3 is 1.14 bits per heavy atom. The Morgan fingerprint density at radius 1 is 0.483 bits per heavy atom. The van der Waals surface area contributed by atoms with Gasteiger partial charge in [-0.25, -0.2) is 0 Å². The summed E-state index contributed by atoms with van der Waals surface area (Å²) in [6.45, 7) is 4.18. The summed E-state index contributed by atoms with van der Waals surface area (Å²) in [6.07, 6.45) is -6.69. The molecule has 0 amide bonds. The molecule has 8 aromatic carbocycles.